The minimum Gasteiger partial charge on any atom is -0.459 e. The number of hydrogen-bond donors (Lipinski definition) is 2. The summed E-state index contributed by atoms with van der Waals surface area (Å²) in [6.45, 7) is 7.42. The van der Waals surface area contributed by atoms with Crippen molar-refractivity contribution in [2.45, 2.75) is 38.6 Å². The molecular weight excluding hydrogens is 390 g/mol. The summed E-state index contributed by atoms with van der Waals surface area (Å²) in [4.78, 5) is 21.4. The van der Waals surface area contributed by atoms with Gasteiger partial charge in [-0.2, -0.15) is 0 Å². The summed E-state index contributed by atoms with van der Waals surface area (Å²) in [7, 11) is 1.79. The van der Waals surface area contributed by atoms with Crippen LogP contribution in [0.25, 0.3) is 11.0 Å². The number of rotatable bonds is 6. The van der Waals surface area contributed by atoms with Crippen molar-refractivity contribution in [2.75, 3.05) is 46.3 Å². The lowest BCUT2D eigenvalue weighted by Gasteiger charge is -2.36. The number of para-hydroxylation sites is 1. The van der Waals surface area contributed by atoms with Gasteiger partial charge in [0.2, 0.25) is 5.91 Å². The summed E-state index contributed by atoms with van der Waals surface area (Å²) in [5.74, 6) is 2.34. The zero-order chi connectivity index (χ0) is 21.6. The SMILES string of the molecule is CN=C(NCCN1CCN(C(=O)C2CCCC2)CC1)NC(C)c1cc2ccccc2o1. The highest BCUT2D eigenvalue weighted by atomic mass is 16.3. The number of aliphatic imine (C=N–C) groups is 1. The summed E-state index contributed by atoms with van der Waals surface area (Å²) in [6.07, 6.45) is 4.60. The third-order valence-electron chi connectivity index (χ3n) is 6.56. The monoisotopic (exact) mass is 425 g/mol. The van der Waals surface area contributed by atoms with Crippen LogP contribution in [0.5, 0.6) is 0 Å². The second-order valence-corrected chi connectivity index (χ2v) is 8.70. The average Bonchev–Trinajstić information content (AvgIpc) is 3.48. The van der Waals surface area contributed by atoms with Crippen molar-refractivity contribution >= 4 is 22.8 Å². The predicted molar refractivity (Wildman–Crippen MR) is 124 cm³/mol. The Morgan fingerprint density at radius 1 is 1.19 bits per heavy atom. The number of piperazine rings is 1. The van der Waals surface area contributed by atoms with Crippen molar-refractivity contribution in [1.82, 2.24) is 20.4 Å². The van der Waals surface area contributed by atoms with E-state index in [0.29, 0.717) is 5.91 Å². The van der Waals surface area contributed by atoms with E-state index >= 15 is 0 Å². The van der Waals surface area contributed by atoms with Crippen molar-refractivity contribution < 1.29 is 9.21 Å². The molecule has 31 heavy (non-hydrogen) atoms. The molecule has 2 fully saturated rings. The molecule has 1 saturated carbocycles. The number of nitrogens with one attached hydrogen (secondary N) is 2. The zero-order valence-corrected chi connectivity index (χ0v) is 18.8. The maximum Gasteiger partial charge on any atom is 0.225 e. The van der Waals surface area contributed by atoms with Crippen LogP contribution in [-0.4, -0.2) is 68.0 Å². The van der Waals surface area contributed by atoms with Crippen LogP contribution in [0.3, 0.4) is 0 Å². The predicted octanol–water partition coefficient (Wildman–Crippen LogP) is 2.99. The molecule has 1 aromatic carbocycles. The molecule has 1 aromatic heterocycles. The molecule has 0 spiro atoms. The van der Waals surface area contributed by atoms with Crippen LogP contribution >= 0.6 is 0 Å². The fourth-order valence-corrected chi connectivity index (χ4v) is 4.64. The van der Waals surface area contributed by atoms with Crippen molar-refractivity contribution in [2.24, 2.45) is 10.9 Å². The summed E-state index contributed by atoms with van der Waals surface area (Å²) >= 11 is 0. The summed E-state index contributed by atoms with van der Waals surface area (Å²) in [5, 5.41) is 7.92. The van der Waals surface area contributed by atoms with Gasteiger partial charge in [-0.3, -0.25) is 14.7 Å². The first kappa shape index (κ1) is 21.7. The molecule has 7 heteroatoms. The third kappa shape index (κ3) is 5.39. The van der Waals surface area contributed by atoms with Crippen molar-refractivity contribution in [3.8, 4) is 0 Å². The molecule has 0 radical (unpaired) electrons. The Balaban J connectivity index is 1.18. The zero-order valence-electron chi connectivity index (χ0n) is 18.8. The van der Waals surface area contributed by atoms with E-state index in [1.54, 1.807) is 7.05 Å². The van der Waals surface area contributed by atoms with Crippen LogP contribution in [0.1, 0.15) is 44.4 Å². The van der Waals surface area contributed by atoms with E-state index < -0.39 is 0 Å². The molecule has 168 valence electrons. The van der Waals surface area contributed by atoms with Crippen LogP contribution in [0, 0.1) is 5.92 Å². The van der Waals surface area contributed by atoms with Gasteiger partial charge in [0.25, 0.3) is 0 Å². The quantitative estimate of drug-likeness (QED) is 0.550. The molecule has 1 amide bonds. The van der Waals surface area contributed by atoms with E-state index in [1.807, 2.05) is 18.2 Å². The summed E-state index contributed by atoms with van der Waals surface area (Å²) < 4.78 is 5.96. The summed E-state index contributed by atoms with van der Waals surface area (Å²) in [5.41, 5.74) is 0.902. The Bertz CT molecular complexity index is 861. The van der Waals surface area contributed by atoms with Gasteiger partial charge in [0.15, 0.2) is 5.96 Å². The second kappa shape index (κ2) is 10.2. The minimum atomic E-state index is 0.0174. The van der Waals surface area contributed by atoms with Crippen LogP contribution in [-0.2, 0) is 4.79 Å². The molecule has 4 rings (SSSR count). The van der Waals surface area contributed by atoms with Gasteiger partial charge in [0.1, 0.15) is 11.3 Å². The molecule has 1 atom stereocenters. The first-order valence-corrected chi connectivity index (χ1v) is 11.6. The molecule has 1 aliphatic heterocycles. The van der Waals surface area contributed by atoms with Gasteiger partial charge in [0.05, 0.1) is 6.04 Å². The highest BCUT2D eigenvalue weighted by molar-refractivity contribution is 5.81. The Kier molecular flexibility index (Phi) is 7.12. The van der Waals surface area contributed by atoms with Gasteiger partial charge in [-0.05, 0) is 31.9 Å². The molecule has 0 bridgehead atoms. The molecule has 7 nitrogen and oxygen atoms in total. The fraction of sp³-hybridized carbons (Fsp3) is 0.583. The van der Waals surface area contributed by atoms with Crippen molar-refractivity contribution in [3.05, 3.63) is 36.1 Å². The first-order valence-electron chi connectivity index (χ1n) is 11.6. The number of hydrogen-bond acceptors (Lipinski definition) is 4. The smallest absolute Gasteiger partial charge is 0.225 e. The number of amides is 1. The van der Waals surface area contributed by atoms with E-state index in [-0.39, 0.29) is 12.0 Å². The Morgan fingerprint density at radius 2 is 1.94 bits per heavy atom. The number of carbonyl (C=O) groups excluding carboxylic acids is 1. The highest BCUT2D eigenvalue weighted by Crippen LogP contribution is 2.27. The lowest BCUT2D eigenvalue weighted by atomic mass is 10.1. The molecule has 2 heterocycles. The minimum absolute atomic E-state index is 0.0174. The first-order chi connectivity index (χ1) is 15.1. The standard InChI is InChI=1S/C24H35N5O2/c1-18(22-17-20-9-5-6-10-21(20)31-22)27-24(25-2)26-11-12-28-13-15-29(16-14-28)23(30)19-7-3-4-8-19/h5-6,9-10,17-19H,3-4,7-8,11-16H2,1-2H3,(H2,25,26,27). The molecule has 2 aromatic rings. The molecular formula is C24H35N5O2. The molecule has 2 N–H and O–H groups in total. The number of benzene rings is 1. The Morgan fingerprint density at radius 3 is 2.65 bits per heavy atom. The van der Waals surface area contributed by atoms with Crippen LogP contribution < -0.4 is 10.6 Å². The number of guanidine groups is 1. The van der Waals surface area contributed by atoms with Gasteiger partial charge in [-0.1, -0.05) is 31.0 Å². The lowest BCUT2D eigenvalue weighted by Crippen LogP contribution is -2.52. The molecule has 1 saturated heterocycles. The maximum atomic E-state index is 12.6. The van der Waals surface area contributed by atoms with Crippen molar-refractivity contribution in [3.63, 3.8) is 0 Å². The van der Waals surface area contributed by atoms with Gasteiger partial charge in [-0.15, -0.1) is 0 Å². The van der Waals surface area contributed by atoms with Crippen LogP contribution in [0.15, 0.2) is 39.7 Å². The van der Waals surface area contributed by atoms with Crippen LogP contribution in [0.4, 0.5) is 0 Å². The molecule has 2 aliphatic rings. The largest absolute Gasteiger partial charge is 0.459 e. The van der Waals surface area contributed by atoms with E-state index in [4.69, 9.17) is 4.42 Å². The Labute approximate surface area is 184 Å². The van der Waals surface area contributed by atoms with Gasteiger partial charge >= 0.3 is 0 Å². The molecule has 1 aliphatic carbocycles. The van der Waals surface area contributed by atoms with Gasteiger partial charge < -0.3 is 20.0 Å². The van der Waals surface area contributed by atoms with Gasteiger partial charge in [0, 0.05) is 57.6 Å². The van der Waals surface area contributed by atoms with Crippen LogP contribution in [0.2, 0.25) is 0 Å². The number of furan rings is 1. The summed E-state index contributed by atoms with van der Waals surface area (Å²) in [6, 6.07) is 10.1. The van der Waals surface area contributed by atoms with Gasteiger partial charge in [-0.25, -0.2) is 0 Å². The van der Waals surface area contributed by atoms with E-state index in [1.165, 1.54) is 12.8 Å². The van der Waals surface area contributed by atoms with E-state index in [2.05, 4.69) is 44.5 Å². The second-order valence-electron chi connectivity index (χ2n) is 8.70. The Hall–Kier alpha value is -2.54. The highest BCUT2D eigenvalue weighted by Gasteiger charge is 2.29. The maximum absolute atomic E-state index is 12.6. The van der Waals surface area contributed by atoms with E-state index in [9.17, 15) is 4.79 Å². The molecule has 1 unspecified atom stereocenters. The number of carbonyl (C=O) groups is 1. The number of nitrogens with zero attached hydrogens (tertiary/aromatic N) is 3. The average molecular weight is 426 g/mol. The lowest BCUT2D eigenvalue weighted by molar-refractivity contribution is -0.137. The fourth-order valence-electron chi connectivity index (χ4n) is 4.64. The topological polar surface area (TPSA) is 73.1 Å². The van der Waals surface area contributed by atoms with Crippen molar-refractivity contribution in [1.29, 1.82) is 0 Å². The third-order valence-corrected chi connectivity index (χ3v) is 6.56. The number of fused-ring (bicyclic) bond motifs is 1. The van der Waals surface area contributed by atoms with E-state index in [0.717, 1.165) is 74.8 Å². The normalized spacial score (nSPS) is 19.7.